The molecule has 210 valence electrons. The molecule has 0 bridgehead atoms. The molecule has 0 saturated heterocycles. The number of hydrogen-bond acceptors (Lipinski definition) is 6. The van der Waals surface area contributed by atoms with Gasteiger partial charge in [0, 0.05) is 17.8 Å². The number of benzene rings is 3. The first-order valence-electron chi connectivity index (χ1n) is 10.8. The Balaban J connectivity index is 1.59. The molecule has 0 fully saturated rings. The highest BCUT2D eigenvalue weighted by Gasteiger charge is 2.37. The van der Waals surface area contributed by atoms with Gasteiger partial charge in [0.15, 0.2) is 5.75 Å². The van der Waals surface area contributed by atoms with Crippen LogP contribution in [0.1, 0.15) is 16.7 Å². The number of nitrogens with zero attached hydrogens (tertiary/aromatic N) is 2. The van der Waals surface area contributed by atoms with E-state index in [1.807, 2.05) is 4.98 Å². The topological polar surface area (TPSA) is 109 Å². The summed E-state index contributed by atoms with van der Waals surface area (Å²) in [5, 5.41) is 16.2. The first kappa shape index (κ1) is 28.8. The van der Waals surface area contributed by atoms with E-state index >= 15 is 0 Å². The molecule has 0 unspecified atom stereocenters. The summed E-state index contributed by atoms with van der Waals surface area (Å²) in [6.07, 6.45) is -9.19. The first-order chi connectivity index (χ1) is 18.6. The van der Waals surface area contributed by atoms with Crippen LogP contribution in [0.2, 0.25) is 10.0 Å². The van der Waals surface area contributed by atoms with Crippen LogP contribution in [0.4, 0.5) is 32.0 Å². The van der Waals surface area contributed by atoms with E-state index in [0.29, 0.717) is 12.1 Å². The molecule has 4 rings (SSSR count). The lowest BCUT2D eigenvalue weighted by Gasteiger charge is -2.16. The Bertz CT molecular complexity index is 1650. The predicted molar refractivity (Wildman–Crippen MR) is 132 cm³/mol. The third kappa shape index (κ3) is 6.51. The van der Waals surface area contributed by atoms with Gasteiger partial charge in [-0.15, -0.1) is 0 Å². The van der Waals surface area contributed by atoms with Gasteiger partial charge < -0.3 is 15.2 Å². The molecule has 4 aromatic rings. The van der Waals surface area contributed by atoms with Crippen LogP contribution in [-0.2, 0) is 18.9 Å². The lowest BCUT2D eigenvalue weighted by molar-refractivity contribution is -0.143. The molecule has 0 aliphatic rings. The summed E-state index contributed by atoms with van der Waals surface area (Å²) < 4.78 is 85.3. The SMILES string of the molecule is O=c1cnn(-c2cc(Cl)c(Oc3ccc(O)c(CNc4cc(C(F)(F)F)cc(C(F)(F)F)c4)c3)c(Cl)c2)c(=O)[nH]1. The van der Waals surface area contributed by atoms with Crippen LogP contribution in [0.15, 0.2) is 64.3 Å². The van der Waals surface area contributed by atoms with Crippen molar-refractivity contribution in [1.82, 2.24) is 14.8 Å². The van der Waals surface area contributed by atoms with E-state index in [1.54, 1.807) is 0 Å². The molecular weight excluding hydrogens is 593 g/mol. The summed E-state index contributed by atoms with van der Waals surface area (Å²) in [5.41, 5.74) is -4.91. The smallest absolute Gasteiger partial charge is 0.416 e. The van der Waals surface area contributed by atoms with E-state index in [0.717, 1.165) is 10.9 Å². The maximum absolute atomic E-state index is 13.1. The van der Waals surface area contributed by atoms with Gasteiger partial charge in [-0.05, 0) is 48.5 Å². The van der Waals surface area contributed by atoms with Gasteiger partial charge in [0.05, 0.1) is 26.9 Å². The number of rotatable bonds is 6. The van der Waals surface area contributed by atoms with Crippen molar-refractivity contribution in [3.63, 3.8) is 0 Å². The van der Waals surface area contributed by atoms with Crippen molar-refractivity contribution in [2.24, 2.45) is 0 Å². The Morgan fingerprint density at radius 3 is 2.08 bits per heavy atom. The van der Waals surface area contributed by atoms with Crippen LogP contribution in [-0.4, -0.2) is 19.9 Å². The van der Waals surface area contributed by atoms with Crippen molar-refractivity contribution in [3.05, 3.63) is 102 Å². The maximum atomic E-state index is 13.1. The van der Waals surface area contributed by atoms with Crippen LogP contribution < -0.4 is 21.3 Å². The number of hydrogen-bond donors (Lipinski definition) is 3. The Morgan fingerprint density at radius 1 is 0.925 bits per heavy atom. The predicted octanol–water partition coefficient (Wildman–Crippen LogP) is 6.38. The number of aromatic nitrogens is 3. The van der Waals surface area contributed by atoms with Crippen molar-refractivity contribution in [2.75, 3.05) is 5.32 Å². The van der Waals surface area contributed by atoms with E-state index in [1.165, 1.54) is 30.3 Å². The second-order valence-electron chi connectivity index (χ2n) is 8.13. The van der Waals surface area contributed by atoms with Crippen LogP contribution in [0.3, 0.4) is 0 Å². The monoisotopic (exact) mass is 606 g/mol. The van der Waals surface area contributed by atoms with Gasteiger partial charge >= 0.3 is 18.0 Å². The van der Waals surface area contributed by atoms with Gasteiger partial charge in [-0.3, -0.25) is 9.78 Å². The Kier molecular flexibility index (Phi) is 7.76. The average Bonchev–Trinajstić information content (AvgIpc) is 2.85. The van der Waals surface area contributed by atoms with E-state index in [9.17, 15) is 41.0 Å². The molecule has 3 N–H and O–H groups in total. The number of ether oxygens (including phenoxy) is 1. The fourth-order valence-corrected chi connectivity index (χ4v) is 4.00. The van der Waals surface area contributed by atoms with Gasteiger partial charge in [0.2, 0.25) is 0 Å². The normalized spacial score (nSPS) is 11.9. The zero-order chi connectivity index (χ0) is 29.4. The van der Waals surface area contributed by atoms with Gasteiger partial charge in [-0.25, -0.2) is 4.79 Å². The minimum Gasteiger partial charge on any atom is -0.508 e. The number of alkyl halides is 6. The highest BCUT2D eigenvalue weighted by atomic mass is 35.5. The number of nitrogens with one attached hydrogen (secondary N) is 2. The first-order valence-corrected chi connectivity index (χ1v) is 11.6. The van der Waals surface area contributed by atoms with Gasteiger partial charge in [0.25, 0.3) is 5.56 Å². The van der Waals surface area contributed by atoms with Crippen molar-refractivity contribution < 1.29 is 36.2 Å². The molecule has 0 aliphatic heterocycles. The van der Waals surface area contributed by atoms with Gasteiger partial charge in [-0.2, -0.15) is 36.1 Å². The second kappa shape index (κ2) is 10.8. The summed E-state index contributed by atoms with van der Waals surface area (Å²) in [4.78, 5) is 25.2. The van der Waals surface area contributed by atoms with Crippen molar-refractivity contribution >= 4 is 28.9 Å². The van der Waals surface area contributed by atoms with Crippen LogP contribution in [0.25, 0.3) is 5.69 Å². The third-order valence-electron chi connectivity index (χ3n) is 5.28. The quantitative estimate of drug-likeness (QED) is 0.220. The van der Waals surface area contributed by atoms with E-state index in [-0.39, 0.29) is 51.2 Å². The Hall–Kier alpha value is -4.17. The average molecular weight is 607 g/mol. The number of phenolic OH excluding ortho intramolecular Hbond substituents is 1. The molecule has 0 aliphatic carbocycles. The molecule has 0 saturated carbocycles. The number of anilines is 1. The van der Waals surface area contributed by atoms with E-state index in [2.05, 4.69) is 10.4 Å². The molecule has 40 heavy (non-hydrogen) atoms. The summed E-state index contributed by atoms with van der Waals surface area (Å²) in [7, 11) is 0. The minimum atomic E-state index is -5.02. The molecule has 8 nitrogen and oxygen atoms in total. The largest absolute Gasteiger partial charge is 0.508 e. The molecule has 16 heteroatoms. The summed E-state index contributed by atoms with van der Waals surface area (Å²) in [5.74, 6) is -0.369. The van der Waals surface area contributed by atoms with Gasteiger partial charge in [0.1, 0.15) is 17.7 Å². The molecular formula is C24H14Cl2F6N4O4. The molecule has 0 radical (unpaired) electrons. The Labute approximate surface area is 229 Å². The molecule has 1 aromatic heterocycles. The van der Waals surface area contributed by atoms with Crippen molar-refractivity contribution in [2.45, 2.75) is 18.9 Å². The highest BCUT2D eigenvalue weighted by Crippen LogP contribution is 2.40. The van der Waals surface area contributed by atoms with Crippen LogP contribution >= 0.6 is 23.2 Å². The van der Waals surface area contributed by atoms with E-state index < -0.39 is 40.4 Å². The zero-order valence-corrected chi connectivity index (χ0v) is 21.0. The summed E-state index contributed by atoms with van der Waals surface area (Å²) in [6, 6.07) is 7.30. The van der Waals surface area contributed by atoms with Crippen LogP contribution in [0.5, 0.6) is 17.2 Å². The number of aromatic amines is 1. The van der Waals surface area contributed by atoms with Crippen molar-refractivity contribution in [3.8, 4) is 22.9 Å². The molecule has 0 amide bonds. The van der Waals surface area contributed by atoms with E-state index in [4.69, 9.17) is 27.9 Å². The fourth-order valence-electron chi connectivity index (χ4n) is 3.44. The summed E-state index contributed by atoms with van der Waals surface area (Å²) >= 11 is 12.5. The fraction of sp³-hybridized carbons (Fsp3) is 0.125. The molecule has 1 heterocycles. The minimum absolute atomic E-state index is 0.000556. The number of H-pyrrole nitrogens is 1. The van der Waals surface area contributed by atoms with Gasteiger partial charge in [-0.1, -0.05) is 23.2 Å². The highest BCUT2D eigenvalue weighted by molar-refractivity contribution is 6.37. The third-order valence-corrected chi connectivity index (χ3v) is 5.84. The maximum Gasteiger partial charge on any atom is 0.416 e. The second-order valence-corrected chi connectivity index (χ2v) is 8.94. The standard InChI is InChI=1S/C24H14Cl2F6N4O4/c25-17-7-15(36-22(39)35-20(38)10-34-36)8-18(26)21(17)40-16-1-2-19(37)11(3-16)9-33-14-5-12(23(27,28)29)4-13(6-14)24(30,31)32/h1-8,10,33,37H,9H2,(H,35,38,39). The molecule has 0 spiro atoms. The summed E-state index contributed by atoms with van der Waals surface area (Å²) in [6.45, 7) is -0.386. The lowest BCUT2D eigenvalue weighted by atomic mass is 10.1. The number of aromatic hydroxyl groups is 1. The van der Waals surface area contributed by atoms with Crippen molar-refractivity contribution in [1.29, 1.82) is 0 Å². The molecule has 3 aromatic carbocycles. The lowest BCUT2D eigenvalue weighted by Crippen LogP contribution is -2.30. The van der Waals surface area contributed by atoms with Crippen LogP contribution in [0, 0.1) is 0 Å². The Morgan fingerprint density at radius 2 is 1.52 bits per heavy atom. The molecule has 0 atom stereocenters. The number of halogens is 8. The number of phenols is 1. The zero-order valence-electron chi connectivity index (χ0n) is 19.5.